The van der Waals surface area contributed by atoms with Crippen molar-refractivity contribution in [3.05, 3.63) is 68.8 Å². The van der Waals surface area contributed by atoms with Crippen LogP contribution in [0.25, 0.3) is 22.5 Å². The Labute approximate surface area is 146 Å². The lowest BCUT2D eigenvalue weighted by atomic mass is 10.0. The van der Waals surface area contributed by atoms with E-state index in [0.717, 1.165) is 0 Å². The number of hydrogen-bond donors (Lipinski definition) is 3. The lowest BCUT2D eigenvalue weighted by Crippen LogP contribution is -2.13. The molecule has 0 saturated carbocycles. The van der Waals surface area contributed by atoms with Gasteiger partial charge in [0.2, 0.25) is 0 Å². The summed E-state index contributed by atoms with van der Waals surface area (Å²) in [7, 11) is 0. The Kier molecular flexibility index (Phi) is 4.24. The van der Waals surface area contributed by atoms with Crippen LogP contribution in [0.15, 0.2) is 47.3 Å². The second-order valence-electron chi connectivity index (χ2n) is 5.06. The first-order valence-corrected chi connectivity index (χ1v) is 7.48. The predicted molar refractivity (Wildman–Crippen MR) is 92.6 cm³/mol. The summed E-state index contributed by atoms with van der Waals surface area (Å²) < 4.78 is 0.107. The smallest absolute Gasteiger partial charge is 0.354 e. The quantitative estimate of drug-likeness (QED) is 0.624. The SMILES string of the molecule is N#Cc1c(-c2cccc(-c3cccc(C(=O)O)n3)c2)[nH]c(=S)[nH]c1=O. The molecule has 3 N–H and O–H groups in total. The maximum atomic E-state index is 11.9. The summed E-state index contributed by atoms with van der Waals surface area (Å²) in [4.78, 5) is 32.3. The van der Waals surface area contributed by atoms with Gasteiger partial charge in [-0.15, -0.1) is 0 Å². The number of aromatic carboxylic acids is 1. The van der Waals surface area contributed by atoms with Crippen LogP contribution < -0.4 is 5.56 Å². The summed E-state index contributed by atoms with van der Waals surface area (Å²) in [6, 6.07) is 13.4. The molecule has 2 heterocycles. The maximum absolute atomic E-state index is 11.9. The topological polar surface area (TPSA) is 123 Å². The highest BCUT2D eigenvalue weighted by Gasteiger charge is 2.12. The highest BCUT2D eigenvalue weighted by molar-refractivity contribution is 7.71. The van der Waals surface area contributed by atoms with Crippen LogP contribution in [-0.2, 0) is 0 Å². The number of nitrogens with one attached hydrogen (secondary N) is 2. The zero-order valence-electron chi connectivity index (χ0n) is 12.6. The zero-order valence-corrected chi connectivity index (χ0v) is 13.4. The van der Waals surface area contributed by atoms with Gasteiger partial charge in [-0.2, -0.15) is 5.26 Å². The Balaban J connectivity index is 2.18. The number of rotatable bonds is 3. The molecule has 0 spiro atoms. The first-order valence-electron chi connectivity index (χ1n) is 7.07. The van der Waals surface area contributed by atoms with Crippen LogP contribution in [-0.4, -0.2) is 26.0 Å². The monoisotopic (exact) mass is 350 g/mol. The van der Waals surface area contributed by atoms with Gasteiger partial charge < -0.3 is 10.1 Å². The first-order chi connectivity index (χ1) is 12.0. The van der Waals surface area contributed by atoms with E-state index in [1.54, 1.807) is 36.4 Å². The van der Waals surface area contributed by atoms with Gasteiger partial charge in [-0.1, -0.05) is 24.3 Å². The van der Waals surface area contributed by atoms with Crippen molar-refractivity contribution in [3.8, 4) is 28.6 Å². The van der Waals surface area contributed by atoms with E-state index in [2.05, 4.69) is 15.0 Å². The number of nitriles is 1. The predicted octanol–water partition coefficient (Wildman–Crippen LogP) is 2.73. The van der Waals surface area contributed by atoms with Gasteiger partial charge in [0, 0.05) is 11.1 Å². The molecule has 0 saturated heterocycles. The van der Waals surface area contributed by atoms with E-state index >= 15 is 0 Å². The Morgan fingerprint density at radius 1 is 1.16 bits per heavy atom. The number of aromatic amines is 2. The Morgan fingerprint density at radius 2 is 1.88 bits per heavy atom. The molecule has 3 rings (SSSR count). The molecule has 0 atom stereocenters. The number of carboxylic acids is 1. The van der Waals surface area contributed by atoms with Crippen LogP contribution in [0, 0.1) is 16.1 Å². The third-order valence-corrected chi connectivity index (χ3v) is 3.67. The Morgan fingerprint density at radius 3 is 2.60 bits per heavy atom. The second kappa shape index (κ2) is 6.51. The average molecular weight is 350 g/mol. The van der Waals surface area contributed by atoms with Gasteiger partial charge in [0.25, 0.3) is 5.56 Å². The van der Waals surface area contributed by atoms with Crippen molar-refractivity contribution in [1.82, 2.24) is 15.0 Å². The van der Waals surface area contributed by atoms with E-state index in [1.807, 2.05) is 6.07 Å². The number of carbonyl (C=O) groups is 1. The van der Waals surface area contributed by atoms with E-state index in [9.17, 15) is 14.9 Å². The normalized spacial score (nSPS) is 10.2. The Hall–Kier alpha value is -3.57. The molecule has 0 bridgehead atoms. The fourth-order valence-electron chi connectivity index (χ4n) is 2.36. The molecule has 8 heteroatoms. The number of nitrogens with zero attached hydrogens (tertiary/aromatic N) is 2. The van der Waals surface area contributed by atoms with Gasteiger partial charge in [-0.3, -0.25) is 9.78 Å². The van der Waals surface area contributed by atoms with Crippen LogP contribution >= 0.6 is 12.2 Å². The highest BCUT2D eigenvalue weighted by atomic mass is 32.1. The summed E-state index contributed by atoms with van der Waals surface area (Å²) >= 11 is 4.97. The lowest BCUT2D eigenvalue weighted by molar-refractivity contribution is 0.0690. The van der Waals surface area contributed by atoms with Crippen molar-refractivity contribution in [1.29, 1.82) is 5.26 Å². The van der Waals surface area contributed by atoms with E-state index in [-0.39, 0.29) is 16.0 Å². The molecule has 0 aliphatic rings. The first kappa shape index (κ1) is 16.3. The number of H-pyrrole nitrogens is 2. The molecule has 0 aliphatic heterocycles. The van der Waals surface area contributed by atoms with Crippen molar-refractivity contribution < 1.29 is 9.90 Å². The van der Waals surface area contributed by atoms with Crippen molar-refractivity contribution in [2.45, 2.75) is 0 Å². The molecule has 1 aromatic carbocycles. The molecule has 3 aromatic rings. The third kappa shape index (κ3) is 3.22. The molecular formula is C17H10N4O3S. The van der Waals surface area contributed by atoms with Gasteiger partial charge in [0.15, 0.2) is 4.77 Å². The molecule has 2 aromatic heterocycles. The van der Waals surface area contributed by atoms with Crippen LogP contribution in [0.5, 0.6) is 0 Å². The Bertz CT molecular complexity index is 1140. The fraction of sp³-hybridized carbons (Fsp3) is 0. The molecule has 0 fully saturated rings. The van der Waals surface area contributed by atoms with Gasteiger partial charge in [-0.05, 0) is 30.4 Å². The van der Waals surface area contributed by atoms with Crippen LogP contribution in [0.2, 0.25) is 0 Å². The molecular weight excluding hydrogens is 340 g/mol. The number of carboxylic acid groups (broad SMARTS) is 1. The van der Waals surface area contributed by atoms with E-state index in [0.29, 0.717) is 22.5 Å². The van der Waals surface area contributed by atoms with Crippen LogP contribution in [0.3, 0.4) is 0 Å². The molecule has 0 radical (unpaired) electrons. The number of benzene rings is 1. The fourth-order valence-corrected chi connectivity index (χ4v) is 2.55. The van der Waals surface area contributed by atoms with Gasteiger partial charge in [0.1, 0.15) is 17.3 Å². The standard InChI is InChI=1S/C17H10N4O3S/c18-8-11-14(20-17(25)21-15(11)22)10-4-1-3-9(7-10)12-5-2-6-13(19-12)16(23)24/h1-7H,(H,23,24)(H2,20,21,22,25). The van der Waals surface area contributed by atoms with Crippen LogP contribution in [0.4, 0.5) is 0 Å². The maximum Gasteiger partial charge on any atom is 0.354 e. The van der Waals surface area contributed by atoms with Gasteiger partial charge >= 0.3 is 5.97 Å². The largest absolute Gasteiger partial charge is 0.477 e. The van der Waals surface area contributed by atoms with Gasteiger partial charge in [-0.25, -0.2) is 9.78 Å². The van der Waals surface area contributed by atoms with E-state index in [1.165, 1.54) is 6.07 Å². The van der Waals surface area contributed by atoms with Crippen molar-refractivity contribution in [2.75, 3.05) is 0 Å². The molecule has 7 nitrogen and oxygen atoms in total. The van der Waals surface area contributed by atoms with E-state index in [4.69, 9.17) is 17.3 Å². The second-order valence-corrected chi connectivity index (χ2v) is 5.47. The summed E-state index contributed by atoms with van der Waals surface area (Å²) in [5, 5.41) is 18.3. The minimum Gasteiger partial charge on any atom is -0.477 e. The lowest BCUT2D eigenvalue weighted by Gasteiger charge is -2.07. The van der Waals surface area contributed by atoms with Crippen LogP contribution in [0.1, 0.15) is 16.1 Å². The molecule has 0 unspecified atom stereocenters. The van der Waals surface area contributed by atoms with Crippen molar-refractivity contribution in [2.24, 2.45) is 0 Å². The number of hydrogen-bond acceptors (Lipinski definition) is 5. The molecule has 0 aliphatic carbocycles. The summed E-state index contributed by atoms with van der Waals surface area (Å²) in [6.45, 7) is 0. The number of pyridine rings is 1. The molecule has 25 heavy (non-hydrogen) atoms. The summed E-state index contributed by atoms with van der Waals surface area (Å²) in [5.41, 5.74) is 1.24. The summed E-state index contributed by atoms with van der Waals surface area (Å²) in [5.74, 6) is -1.12. The highest BCUT2D eigenvalue weighted by Crippen LogP contribution is 2.25. The average Bonchev–Trinajstić information content (AvgIpc) is 2.61. The van der Waals surface area contributed by atoms with Crippen molar-refractivity contribution in [3.63, 3.8) is 0 Å². The minimum atomic E-state index is -1.12. The minimum absolute atomic E-state index is 0.0730. The van der Waals surface area contributed by atoms with Crippen molar-refractivity contribution >= 4 is 18.2 Å². The number of aromatic nitrogens is 3. The molecule has 122 valence electrons. The van der Waals surface area contributed by atoms with Gasteiger partial charge in [0.05, 0.1) is 11.4 Å². The molecule has 0 amide bonds. The summed E-state index contributed by atoms with van der Waals surface area (Å²) in [6.07, 6.45) is 0. The van der Waals surface area contributed by atoms with E-state index < -0.39 is 11.5 Å². The zero-order chi connectivity index (χ0) is 18.0. The third-order valence-electron chi connectivity index (χ3n) is 3.47.